The SMILES string of the molecule is COc1cc(F)c(NC(=O)CCCCl)c(S(N)(=O)=O)c1. The fourth-order valence-corrected chi connectivity index (χ4v) is 2.30. The van der Waals surface area contributed by atoms with Gasteiger partial charge in [0.2, 0.25) is 15.9 Å². The molecule has 1 aromatic carbocycles. The predicted octanol–water partition coefficient (Wildman–Crippen LogP) is 1.44. The second-order valence-electron chi connectivity index (χ2n) is 3.87. The van der Waals surface area contributed by atoms with Gasteiger partial charge in [-0.25, -0.2) is 17.9 Å². The van der Waals surface area contributed by atoms with Crippen molar-refractivity contribution in [3.63, 3.8) is 0 Å². The number of amides is 1. The van der Waals surface area contributed by atoms with Crippen molar-refractivity contribution in [3.05, 3.63) is 17.9 Å². The summed E-state index contributed by atoms with van der Waals surface area (Å²) in [6.07, 6.45) is 0.425. The zero-order chi connectivity index (χ0) is 15.3. The molecule has 1 amide bonds. The number of hydrogen-bond donors (Lipinski definition) is 2. The standard InChI is InChI=1S/C11H14ClFN2O4S/c1-19-7-5-8(13)11(9(6-7)20(14,17)18)15-10(16)3-2-4-12/h5-6H,2-4H2,1H3,(H,15,16)(H2,14,17,18). The van der Waals surface area contributed by atoms with E-state index < -0.39 is 32.3 Å². The Morgan fingerprint density at radius 3 is 2.65 bits per heavy atom. The minimum absolute atomic E-state index is 0.0229. The number of sulfonamides is 1. The third kappa shape index (κ3) is 4.32. The number of methoxy groups -OCH3 is 1. The largest absolute Gasteiger partial charge is 0.497 e. The predicted molar refractivity (Wildman–Crippen MR) is 72.9 cm³/mol. The van der Waals surface area contributed by atoms with Gasteiger partial charge in [-0.2, -0.15) is 0 Å². The highest BCUT2D eigenvalue weighted by Crippen LogP contribution is 2.29. The lowest BCUT2D eigenvalue weighted by molar-refractivity contribution is -0.116. The lowest BCUT2D eigenvalue weighted by Gasteiger charge is -2.12. The topological polar surface area (TPSA) is 98.5 Å². The number of anilines is 1. The van der Waals surface area contributed by atoms with Crippen molar-refractivity contribution in [2.75, 3.05) is 18.3 Å². The fourth-order valence-electron chi connectivity index (χ4n) is 1.45. The monoisotopic (exact) mass is 324 g/mol. The van der Waals surface area contributed by atoms with E-state index >= 15 is 0 Å². The minimum Gasteiger partial charge on any atom is -0.497 e. The molecule has 0 aliphatic carbocycles. The molecule has 0 fully saturated rings. The summed E-state index contributed by atoms with van der Waals surface area (Å²) in [5.74, 6) is -1.27. The van der Waals surface area contributed by atoms with Gasteiger partial charge in [-0.3, -0.25) is 4.79 Å². The molecule has 0 atom stereocenters. The Morgan fingerprint density at radius 2 is 2.15 bits per heavy atom. The maximum atomic E-state index is 13.9. The molecule has 0 radical (unpaired) electrons. The zero-order valence-corrected chi connectivity index (χ0v) is 12.2. The molecule has 0 saturated carbocycles. The number of nitrogens with one attached hydrogen (secondary N) is 1. The smallest absolute Gasteiger partial charge is 0.240 e. The molecule has 1 rings (SSSR count). The Kier molecular flexibility index (Phi) is 5.73. The number of ether oxygens (including phenoxy) is 1. The van der Waals surface area contributed by atoms with Crippen molar-refractivity contribution >= 4 is 33.2 Å². The Labute approximate surface area is 121 Å². The van der Waals surface area contributed by atoms with E-state index in [0.29, 0.717) is 6.42 Å². The molecule has 0 unspecified atom stereocenters. The third-order valence-corrected chi connectivity index (χ3v) is 3.57. The average Bonchev–Trinajstić information content (AvgIpc) is 2.37. The van der Waals surface area contributed by atoms with Crippen molar-refractivity contribution in [1.82, 2.24) is 0 Å². The normalized spacial score (nSPS) is 11.2. The Bertz CT molecular complexity index is 607. The minimum atomic E-state index is -4.22. The van der Waals surface area contributed by atoms with Gasteiger partial charge in [-0.1, -0.05) is 0 Å². The van der Waals surface area contributed by atoms with Gasteiger partial charge in [-0.05, 0) is 6.42 Å². The van der Waals surface area contributed by atoms with Gasteiger partial charge in [0.1, 0.15) is 10.6 Å². The van der Waals surface area contributed by atoms with Crippen LogP contribution in [0.15, 0.2) is 17.0 Å². The summed E-state index contributed by atoms with van der Waals surface area (Å²) in [4.78, 5) is 11.0. The summed E-state index contributed by atoms with van der Waals surface area (Å²) in [6, 6.07) is 1.99. The molecule has 6 nitrogen and oxygen atoms in total. The van der Waals surface area contributed by atoms with Crippen molar-refractivity contribution in [2.24, 2.45) is 5.14 Å². The maximum absolute atomic E-state index is 13.9. The number of hydrogen-bond acceptors (Lipinski definition) is 4. The highest BCUT2D eigenvalue weighted by Gasteiger charge is 2.21. The molecule has 0 saturated heterocycles. The first kappa shape index (κ1) is 16.7. The molecule has 1 aromatic rings. The van der Waals surface area contributed by atoms with Crippen LogP contribution >= 0.6 is 11.6 Å². The molecule has 0 aromatic heterocycles. The molecular weight excluding hydrogens is 311 g/mol. The number of halogens is 2. The fraction of sp³-hybridized carbons (Fsp3) is 0.364. The van der Waals surface area contributed by atoms with E-state index in [-0.39, 0.29) is 18.1 Å². The molecular formula is C11H14ClFN2O4S. The first-order chi connectivity index (χ1) is 9.29. The quantitative estimate of drug-likeness (QED) is 0.773. The van der Waals surface area contributed by atoms with Crippen LogP contribution in [-0.2, 0) is 14.8 Å². The summed E-state index contributed by atoms with van der Waals surface area (Å²) in [5, 5.41) is 7.19. The van der Waals surface area contributed by atoms with Crippen LogP contribution in [0.4, 0.5) is 10.1 Å². The number of carbonyl (C=O) groups excluding carboxylic acids is 1. The number of primary sulfonamides is 1. The molecule has 0 aliphatic rings. The first-order valence-corrected chi connectivity index (χ1v) is 7.63. The summed E-state index contributed by atoms with van der Waals surface area (Å²) in [6.45, 7) is 0. The van der Waals surface area contributed by atoms with Gasteiger partial charge < -0.3 is 10.1 Å². The van der Waals surface area contributed by atoms with Gasteiger partial charge in [0.25, 0.3) is 0 Å². The number of nitrogens with two attached hydrogens (primary N) is 1. The van der Waals surface area contributed by atoms with Crippen LogP contribution in [0.3, 0.4) is 0 Å². The van der Waals surface area contributed by atoms with Gasteiger partial charge in [0.05, 0.1) is 12.8 Å². The van der Waals surface area contributed by atoms with Crippen LogP contribution in [0.5, 0.6) is 5.75 Å². The highest BCUT2D eigenvalue weighted by atomic mass is 35.5. The third-order valence-electron chi connectivity index (χ3n) is 2.37. The van der Waals surface area contributed by atoms with Crippen LogP contribution in [0.25, 0.3) is 0 Å². The van der Waals surface area contributed by atoms with Crippen molar-refractivity contribution in [1.29, 1.82) is 0 Å². The number of alkyl halides is 1. The van der Waals surface area contributed by atoms with Crippen LogP contribution in [0, 0.1) is 5.82 Å². The second-order valence-corrected chi connectivity index (χ2v) is 5.78. The zero-order valence-electron chi connectivity index (χ0n) is 10.7. The van der Waals surface area contributed by atoms with E-state index in [4.69, 9.17) is 21.5 Å². The number of rotatable bonds is 6. The van der Waals surface area contributed by atoms with Crippen LogP contribution in [0.1, 0.15) is 12.8 Å². The molecule has 112 valence electrons. The number of benzene rings is 1. The lowest BCUT2D eigenvalue weighted by Crippen LogP contribution is -2.19. The summed E-state index contributed by atoms with van der Waals surface area (Å²) >= 11 is 5.44. The van der Waals surface area contributed by atoms with Crippen LogP contribution < -0.4 is 15.2 Å². The van der Waals surface area contributed by atoms with E-state index in [1.165, 1.54) is 7.11 Å². The van der Waals surface area contributed by atoms with Gasteiger partial charge in [-0.15, -0.1) is 11.6 Å². The molecule has 0 spiro atoms. The molecule has 0 bridgehead atoms. The number of carbonyl (C=O) groups is 1. The Hall–Kier alpha value is -1.38. The summed E-state index contributed by atoms with van der Waals surface area (Å²) in [7, 11) is -2.97. The van der Waals surface area contributed by atoms with Crippen molar-refractivity contribution < 1.29 is 22.3 Å². The molecule has 0 heterocycles. The molecule has 0 aliphatic heterocycles. The second kappa shape index (κ2) is 6.87. The van der Waals surface area contributed by atoms with E-state index in [1.807, 2.05) is 0 Å². The van der Waals surface area contributed by atoms with Crippen molar-refractivity contribution in [3.8, 4) is 5.75 Å². The van der Waals surface area contributed by atoms with Crippen LogP contribution in [0.2, 0.25) is 0 Å². The Morgan fingerprint density at radius 1 is 1.50 bits per heavy atom. The van der Waals surface area contributed by atoms with Gasteiger partial charge in [0.15, 0.2) is 5.82 Å². The van der Waals surface area contributed by atoms with E-state index in [1.54, 1.807) is 0 Å². The molecule has 20 heavy (non-hydrogen) atoms. The average molecular weight is 325 g/mol. The van der Waals surface area contributed by atoms with E-state index in [2.05, 4.69) is 5.32 Å². The molecule has 3 N–H and O–H groups in total. The van der Waals surface area contributed by atoms with E-state index in [9.17, 15) is 17.6 Å². The summed E-state index contributed by atoms with van der Waals surface area (Å²) in [5.41, 5.74) is -0.493. The maximum Gasteiger partial charge on any atom is 0.240 e. The highest BCUT2D eigenvalue weighted by molar-refractivity contribution is 7.89. The van der Waals surface area contributed by atoms with Crippen molar-refractivity contribution in [2.45, 2.75) is 17.7 Å². The van der Waals surface area contributed by atoms with Gasteiger partial charge in [0, 0.05) is 24.4 Å². The molecule has 9 heteroatoms. The van der Waals surface area contributed by atoms with Crippen LogP contribution in [-0.4, -0.2) is 27.3 Å². The van der Waals surface area contributed by atoms with Gasteiger partial charge >= 0.3 is 0 Å². The summed E-state index contributed by atoms with van der Waals surface area (Å²) < 4.78 is 41.5. The van der Waals surface area contributed by atoms with E-state index in [0.717, 1.165) is 12.1 Å². The Balaban J connectivity index is 3.21. The lowest BCUT2D eigenvalue weighted by atomic mass is 10.2. The first-order valence-electron chi connectivity index (χ1n) is 5.55.